The van der Waals surface area contributed by atoms with Crippen LogP contribution in [0, 0.1) is 5.41 Å². The van der Waals surface area contributed by atoms with Crippen LogP contribution in [0.3, 0.4) is 0 Å². The van der Waals surface area contributed by atoms with E-state index in [0.717, 1.165) is 76.0 Å². The molecule has 0 spiro atoms. The van der Waals surface area contributed by atoms with E-state index >= 15 is 0 Å². The van der Waals surface area contributed by atoms with E-state index in [1.165, 1.54) is 11.1 Å². The van der Waals surface area contributed by atoms with Crippen LogP contribution in [0.15, 0.2) is 72.8 Å². The molecule has 2 aliphatic rings. The maximum atomic E-state index is 13.5. The number of amides is 2. The molecule has 45 heavy (non-hydrogen) atoms. The third-order valence-corrected chi connectivity index (χ3v) is 10.2. The zero-order valence-electron chi connectivity index (χ0n) is 26.7. The highest BCUT2D eigenvalue weighted by Gasteiger charge is 2.39. The van der Waals surface area contributed by atoms with Gasteiger partial charge in [-0.2, -0.15) is 0 Å². The van der Waals surface area contributed by atoms with E-state index in [-0.39, 0.29) is 29.6 Å². The van der Waals surface area contributed by atoms with E-state index in [1.807, 2.05) is 80.3 Å². The molecule has 242 valence electrons. The Morgan fingerprint density at radius 3 is 2.24 bits per heavy atom. The fourth-order valence-electron chi connectivity index (χ4n) is 6.77. The van der Waals surface area contributed by atoms with Crippen LogP contribution in [0.4, 0.5) is 5.69 Å². The summed E-state index contributed by atoms with van der Waals surface area (Å²) >= 11 is 12.8. The van der Waals surface area contributed by atoms with Crippen molar-refractivity contribution in [2.45, 2.75) is 70.6 Å². The first-order valence-electron chi connectivity index (χ1n) is 16.0. The highest BCUT2D eigenvalue weighted by atomic mass is 35.5. The normalized spacial score (nSPS) is 19.5. The molecule has 3 aromatic carbocycles. The van der Waals surface area contributed by atoms with E-state index < -0.39 is 5.41 Å². The first-order chi connectivity index (χ1) is 21.0. The van der Waals surface area contributed by atoms with Gasteiger partial charge in [-0.15, -0.1) is 12.4 Å². The first-order valence-corrected chi connectivity index (χ1v) is 16.7. The minimum absolute atomic E-state index is 0. The molecule has 0 radical (unpaired) electrons. The summed E-state index contributed by atoms with van der Waals surface area (Å²) in [6, 6.07) is 24.0. The van der Waals surface area contributed by atoms with Crippen molar-refractivity contribution in [1.29, 1.82) is 0 Å². The molecule has 8 heteroatoms. The number of likely N-dealkylation sites (tertiary alicyclic amines) is 2. The fourth-order valence-corrected chi connectivity index (χ4v) is 7.06. The van der Waals surface area contributed by atoms with Gasteiger partial charge in [0.05, 0.1) is 10.0 Å². The molecule has 2 heterocycles. The van der Waals surface area contributed by atoms with Crippen LogP contribution in [0.1, 0.15) is 86.7 Å². The predicted octanol–water partition coefficient (Wildman–Crippen LogP) is 9.23. The number of halogens is 3. The standard InChI is InChI=1S/C37H45Cl2N3O2.ClH/c1-36(2,3)35(44)40-31-14-11-27(12-15-31)28-17-23-41(24-18-28)21-7-19-37(30-13-16-32(38)33(39)25-30)20-8-22-42(26-37)34(43)29-9-5-4-6-10-29;/h4-6,9-16,25,28H,7-8,17-24,26H2,1-3H3,(H,40,44);1H. The second-order valence-electron chi connectivity index (χ2n) is 13.7. The van der Waals surface area contributed by atoms with Gasteiger partial charge in [-0.05, 0) is 112 Å². The number of anilines is 1. The highest BCUT2D eigenvalue weighted by Crippen LogP contribution is 2.41. The number of carbonyl (C=O) groups excluding carboxylic acids is 2. The lowest BCUT2D eigenvalue weighted by Crippen LogP contribution is -2.49. The summed E-state index contributed by atoms with van der Waals surface area (Å²) in [5.74, 6) is 0.668. The lowest BCUT2D eigenvalue weighted by molar-refractivity contribution is -0.123. The second-order valence-corrected chi connectivity index (χ2v) is 14.5. The average molecular weight is 671 g/mol. The lowest BCUT2D eigenvalue weighted by atomic mass is 9.71. The molecule has 1 N–H and O–H groups in total. The Hall–Kier alpha value is -2.57. The van der Waals surface area contributed by atoms with Crippen molar-refractivity contribution < 1.29 is 9.59 Å². The number of rotatable bonds is 8. The summed E-state index contributed by atoms with van der Waals surface area (Å²) in [6.45, 7) is 10.4. The van der Waals surface area contributed by atoms with Gasteiger partial charge in [0.25, 0.3) is 5.91 Å². The van der Waals surface area contributed by atoms with Crippen LogP contribution in [0.2, 0.25) is 10.0 Å². The molecule has 2 aliphatic heterocycles. The van der Waals surface area contributed by atoms with Crippen molar-refractivity contribution >= 4 is 53.1 Å². The van der Waals surface area contributed by atoms with Crippen LogP contribution in [-0.4, -0.2) is 54.3 Å². The van der Waals surface area contributed by atoms with E-state index in [2.05, 4.69) is 28.4 Å². The number of carbonyl (C=O) groups is 2. The van der Waals surface area contributed by atoms with Gasteiger partial charge < -0.3 is 15.1 Å². The molecule has 2 saturated heterocycles. The summed E-state index contributed by atoms with van der Waals surface area (Å²) in [6.07, 6.45) is 6.29. The van der Waals surface area contributed by atoms with E-state index in [9.17, 15) is 9.59 Å². The van der Waals surface area contributed by atoms with Gasteiger partial charge in [-0.1, -0.05) is 80.4 Å². The third kappa shape index (κ3) is 8.83. The van der Waals surface area contributed by atoms with Gasteiger partial charge in [0.15, 0.2) is 0 Å². The van der Waals surface area contributed by atoms with Gasteiger partial charge in [0.1, 0.15) is 0 Å². The Morgan fingerprint density at radius 2 is 1.60 bits per heavy atom. The van der Waals surface area contributed by atoms with Crippen LogP contribution in [0.25, 0.3) is 0 Å². The molecule has 0 aromatic heterocycles. The third-order valence-electron chi connectivity index (χ3n) is 9.46. The highest BCUT2D eigenvalue weighted by molar-refractivity contribution is 6.42. The summed E-state index contributed by atoms with van der Waals surface area (Å²) in [5.41, 5.74) is 3.56. The minimum Gasteiger partial charge on any atom is -0.338 e. The van der Waals surface area contributed by atoms with Crippen LogP contribution < -0.4 is 5.32 Å². The fraction of sp³-hybridized carbons (Fsp3) is 0.459. The van der Waals surface area contributed by atoms with Crippen LogP contribution in [0.5, 0.6) is 0 Å². The maximum absolute atomic E-state index is 13.5. The van der Waals surface area contributed by atoms with Crippen molar-refractivity contribution in [2.24, 2.45) is 5.41 Å². The van der Waals surface area contributed by atoms with Crippen molar-refractivity contribution in [3.05, 3.63) is 99.5 Å². The van der Waals surface area contributed by atoms with Gasteiger partial charge >= 0.3 is 0 Å². The molecule has 0 aliphatic carbocycles. The molecule has 1 atom stereocenters. The minimum atomic E-state index is -0.414. The van der Waals surface area contributed by atoms with E-state index in [0.29, 0.717) is 22.5 Å². The summed E-state index contributed by atoms with van der Waals surface area (Å²) in [7, 11) is 0. The number of benzene rings is 3. The van der Waals surface area contributed by atoms with Gasteiger partial charge in [-0.25, -0.2) is 0 Å². The molecule has 3 aromatic rings. The van der Waals surface area contributed by atoms with E-state index in [4.69, 9.17) is 23.2 Å². The zero-order chi connectivity index (χ0) is 31.3. The average Bonchev–Trinajstić information content (AvgIpc) is 3.03. The van der Waals surface area contributed by atoms with Crippen LogP contribution >= 0.6 is 35.6 Å². The predicted molar refractivity (Wildman–Crippen MR) is 189 cm³/mol. The SMILES string of the molecule is CC(C)(C)C(=O)Nc1ccc(C2CCN(CCCC3(c4ccc(Cl)c(Cl)c4)CCCN(C(=O)c4ccccc4)C3)CC2)cc1.Cl. The molecule has 0 saturated carbocycles. The topological polar surface area (TPSA) is 52.7 Å². The Morgan fingerprint density at radius 1 is 0.911 bits per heavy atom. The summed E-state index contributed by atoms with van der Waals surface area (Å²) < 4.78 is 0. The molecule has 2 fully saturated rings. The van der Waals surface area contributed by atoms with Crippen molar-refractivity contribution in [2.75, 3.05) is 38.0 Å². The first kappa shape index (κ1) is 35.3. The Bertz CT molecular complexity index is 1430. The monoisotopic (exact) mass is 669 g/mol. The number of nitrogens with one attached hydrogen (secondary N) is 1. The van der Waals surface area contributed by atoms with Gasteiger partial charge in [0, 0.05) is 35.2 Å². The van der Waals surface area contributed by atoms with E-state index in [1.54, 1.807) is 0 Å². The molecular weight excluding hydrogens is 625 g/mol. The Labute approximate surface area is 285 Å². The quantitative estimate of drug-likeness (QED) is 0.260. The number of nitrogens with zero attached hydrogens (tertiary/aromatic N) is 2. The molecular formula is C37H46Cl3N3O2. The lowest BCUT2D eigenvalue weighted by Gasteiger charge is -2.44. The number of piperidine rings is 2. The van der Waals surface area contributed by atoms with Crippen LogP contribution in [-0.2, 0) is 10.2 Å². The molecule has 5 nitrogen and oxygen atoms in total. The summed E-state index contributed by atoms with van der Waals surface area (Å²) in [4.78, 5) is 30.4. The number of hydrogen-bond acceptors (Lipinski definition) is 3. The molecule has 0 bridgehead atoms. The van der Waals surface area contributed by atoms with Crippen molar-refractivity contribution in [1.82, 2.24) is 9.80 Å². The maximum Gasteiger partial charge on any atom is 0.253 e. The second kappa shape index (κ2) is 15.3. The summed E-state index contributed by atoms with van der Waals surface area (Å²) in [5, 5.41) is 4.16. The van der Waals surface area contributed by atoms with Gasteiger partial charge in [-0.3, -0.25) is 9.59 Å². The molecule has 2 amide bonds. The van der Waals surface area contributed by atoms with Crippen molar-refractivity contribution in [3.8, 4) is 0 Å². The smallest absolute Gasteiger partial charge is 0.253 e. The Balaban J connectivity index is 0.00000461. The largest absolute Gasteiger partial charge is 0.338 e. The van der Waals surface area contributed by atoms with Crippen molar-refractivity contribution in [3.63, 3.8) is 0 Å². The Kier molecular flexibility index (Phi) is 12.0. The zero-order valence-corrected chi connectivity index (χ0v) is 29.0. The molecule has 1 unspecified atom stereocenters. The molecule has 5 rings (SSSR count). The van der Waals surface area contributed by atoms with Gasteiger partial charge in [0.2, 0.25) is 5.91 Å². The number of hydrogen-bond donors (Lipinski definition) is 1.